The third-order valence-corrected chi connectivity index (χ3v) is 7.16. The van der Waals surface area contributed by atoms with Crippen LogP contribution in [-0.4, -0.2) is 12.5 Å². The van der Waals surface area contributed by atoms with Gasteiger partial charge in [-0.25, -0.2) is 0 Å². The molecule has 2 fully saturated rings. The molecule has 0 aromatic carbocycles. The van der Waals surface area contributed by atoms with E-state index in [1.807, 2.05) is 0 Å². The molecule has 2 aliphatic carbocycles. The Hall–Kier alpha value is -0.830. The van der Waals surface area contributed by atoms with Gasteiger partial charge in [0.2, 0.25) is 5.91 Å². The van der Waals surface area contributed by atoms with Gasteiger partial charge in [-0.15, -0.1) is 0 Å². The van der Waals surface area contributed by atoms with Crippen molar-refractivity contribution in [2.75, 3.05) is 6.54 Å². The number of unbranched alkanes of at least 4 members (excludes halogenated alkanes) is 1. The highest BCUT2D eigenvalue weighted by atomic mass is 32.1. The Labute approximate surface area is 151 Å². The van der Waals surface area contributed by atoms with Crippen molar-refractivity contribution in [2.45, 2.75) is 83.0 Å². The molecule has 1 heterocycles. The van der Waals surface area contributed by atoms with Gasteiger partial charge in [-0.05, 0) is 66.8 Å². The maximum Gasteiger partial charge on any atom is 0.223 e. The molecule has 0 atom stereocenters. The van der Waals surface area contributed by atoms with Crippen LogP contribution in [0.1, 0.15) is 83.1 Å². The van der Waals surface area contributed by atoms with E-state index in [2.05, 4.69) is 29.1 Å². The van der Waals surface area contributed by atoms with Crippen LogP contribution >= 0.6 is 11.3 Å². The molecule has 3 rings (SSSR count). The zero-order valence-electron chi connectivity index (χ0n) is 15.2. The molecular formula is C21H33NOS. The standard InChI is InChI=1S/C21H33NOS/c1-2-3-6-17-7-9-18(10-8-17)20(23)22-16-21(12-4-5-13-21)19-11-14-24-15-19/h11,14-15,17-18H,2-10,12-13,16H2,1H3,(H,22,23). The van der Waals surface area contributed by atoms with Crippen molar-refractivity contribution in [3.05, 3.63) is 22.4 Å². The van der Waals surface area contributed by atoms with Crippen LogP contribution in [0.2, 0.25) is 0 Å². The summed E-state index contributed by atoms with van der Waals surface area (Å²) in [5.41, 5.74) is 1.67. The summed E-state index contributed by atoms with van der Waals surface area (Å²) in [7, 11) is 0. The predicted molar refractivity (Wildman–Crippen MR) is 102 cm³/mol. The highest BCUT2D eigenvalue weighted by Crippen LogP contribution is 2.41. The van der Waals surface area contributed by atoms with Crippen molar-refractivity contribution in [3.8, 4) is 0 Å². The number of thiophene rings is 1. The minimum atomic E-state index is 0.216. The molecule has 1 amide bonds. The molecule has 0 radical (unpaired) electrons. The molecule has 0 saturated heterocycles. The van der Waals surface area contributed by atoms with Gasteiger partial charge in [-0.3, -0.25) is 4.79 Å². The van der Waals surface area contributed by atoms with E-state index in [0.717, 1.165) is 25.3 Å². The highest BCUT2D eigenvalue weighted by Gasteiger charge is 2.37. The number of hydrogen-bond acceptors (Lipinski definition) is 2. The normalized spacial score (nSPS) is 26.4. The number of rotatable bonds is 7. The van der Waals surface area contributed by atoms with Crippen LogP contribution in [0.25, 0.3) is 0 Å². The Balaban J connectivity index is 1.49. The summed E-state index contributed by atoms with van der Waals surface area (Å²) >= 11 is 1.78. The summed E-state index contributed by atoms with van der Waals surface area (Å²) in [6.07, 6.45) is 13.8. The molecule has 134 valence electrons. The molecule has 1 aromatic rings. The largest absolute Gasteiger partial charge is 0.355 e. The lowest BCUT2D eigenvalue weighted by molar-refractivity contribution is -0.126. The van der Waals surface area contributed by atoms with Gasteiger partial charge in [-0.1, -0.05) is 39.0 Å². The monoisotopic (exact) mass is 347 g/mol. The van der Waals surface area contributed by atoms with E-state index in [4.69, 9.17) is 0 Å². The van der Waals surface area contributed by atoms with Crippen LogP contribution in [0.4, 0.5) is 0 Å². The van der Waals surface area contributed by atoms with Gasteiger partial charge in [0.05, 0.1) is 0 Å². The molecule has 2 nitrogen and oxygen atoms in total. The molecule has 0 bridgehead atoms. The van der Waals surface area contributed by atoms with Crippen molar-refractivity contribution < 1.29 is 4.79 Å². The Kier molecular flexibility index (Phi) is 6.37. The Morgan fingerprint density at radius 2 is 2.00 bits per heavy atom. The Bertz CT molecular complexity index is 496. The third kappa shape index (κ3) is 4.22. The van der Waals surface area contributed by atoms with Gasteiger partial charge in [-0.2, -0.15) is 11.3 Å². The second-order valence-electron chi connectivity index (χ2n) is 8.08. The maximum atomic E-state index is 12.7. The van der Waals surface area contributed by atoms with E-state index in [1.165, 1.54) is 63.4 Å². The first-order valence-corrected chi connectivity index (χ1v) is 11.0. The van der Waals surface area contributed by atoms with E-state index < -0.39 is 0 Å². The molecule has 2 aliphatic rings. The number of hydrogen-bond donors (Lipinski definition) is 1. The van der Waals surface area contributed by atoms with Gasteiger partial charge in [0.25, 0.3) is 0 Å². The third-order valence-electron chi connectivity index (χ3n) is 6.48. The number of carbonyl (C=O) groups is 1. The fraction of sp³-hybridized carbons (Fsp3) is 0.762. The summed E-state index contributed by atoms with van der Waals surface area (Å²) in [5.74, 6) is 1.47. The Morgan fingerprint density at radius 3 is 2.62 bits per heavy atom. The lowest BCUT2D eigenvalue weighted by atomic mass is 9.78. The first-order valence-electron chi connectivity index (χ1n) is 10.0. The Morgan fingerprint density at radius 1 is 1.25 bits per heavy atom. The minimum Gasteiger partial charge on any atom is -0.355 e. The fourth-order valence-electron chi connectivity index (χ4n) is 4.79. The highest BCUT2D eigenvalue weighted by molar-refractivity contribution is 7.08. The maximum absolute atomic E-state index is 12.7. The van der Waals surface area contributed by atoms with Crippen LogP contribution in [0.15, 0.2) is 16.8 Å². The van der Waals surface area contributed by atoms with E-state index in [-0.39, 0.29) is 11.3 Å². The molecule has 0 unspecified atom stereocenters. The summed E-state index contributed by atoms with van der Waals surface area (Å²) in [4.78, 5) is 12.7. The minimum absolute atomic E-state index is 0.216. The van der Waals surface area contributed by atoms with Crippen molar-refractivity contribution >= 4 is 17.2 Å². The zero-order valence-corrected chi connectivity index (χ0v) is 16.0. The topological polar surface area (TPSA) is 29.1 Å². The quantitative estimate of drug-likeness (QED) is 0.676. The van der Waals surface area contributed by atoms with Crippen molar-refractivity contribution in [3.63, 3.8) is 0 Å². The van der Waals surface area contributed by atoms with Gasteiger partial charge < -0.3 is 5.32 Å². The SMILES string of the molecule is CCCCC1CCC(C(=O)NCC2(c3ccsc3)CCCC2)CC1. The van der Waals surface area contributed by atoms with E-state index in [9.17, 15) is 4.79 Å². The van der Waals surface area contributed by atoms with E-state index in [0.29, 0.717) is 5.91 Å². The molecular weight excluding hydrogens is 314 g/mol. The van der Waals surface area contributed by atoms with Crippen molar-refractivity contribution in [1.82, 2.24) is 5.32 Å². The van der Waals surface area contributed by atoms with Crippen LogP contribution in [0.3, 0.4) is 0 Å². The summed E-state index contributed by atoms with van der Waals surface area (Å²) in [5, 5.41) is 7.81. The summed E-state index contributed by atoms with van der Waals surface area (Å²) < 4.78 is 0. The first kappa shape index (κ1) is 18.0. The second-order valence-corrected chi connectivity index (χ2v) is 8.86. The van der Waals surface area contributed by atoms with Crippen LogP contribution < -0.4 is 5.32 Å². The van der Waals surface area contributed by atoms with Gasteiger partial charge in [0.15, 0.2) is 0 Å². The molecule has 0 spiro atoms. The fourth-order valence-corrected chi connectivity index (χ4v) is 5.57. The molecule has 3 heteroatoms. The summed E-state index contributed by atoms with van der Waals surface area (Å²) in [6, 6.07) is 2.26. The second kappa shape index (κ2) is 8.51. The molecule has 24 heavy (non-hydrogen) atoms. The van der Waals surface area contributed by atoms with E-state index in [1.54, 1.807) is 11.3 Å². The molecule has 1 aromatic heterocycles. The van der Waals surface area contributed by atoms with Crippen molar-refractivity contribution in [2.24, 2.45) is 11.8 Å². The smallest absolute Gasteiger partial charge is 0.223 e. The number of nitrogens with one attached hydrogen (secondary N) is 1. The average molecular weight is 348 g/mol. The van der Waals surface area contributed by atoms with Gasteiger partial charge >= 0.3 is 0 Å². The molecule has 1 N–H and O–H groups in total. The zero-order chi connectivity index (χ0) is 16.8. The predicted octanol–water partition coefficient (Wildman–Crippen LogP) is 5.67. The van der Waals surface area contributed by atoms with Crippen LogP contribution in [0, 0.1) is 11.8 Å². The van der Waals surface area contributed by atoms with Crippen LogP contribution in [0.5, 0.6) is 0 Å². The first-order chi connectivity index (χ1) is 11.7. The van der Waals surface area contributed by atoms with Crippen LogP contribution in [-0.2, 0) is 10.2 Å². The molecule has 2 saturated carbocycles. The van der Waals surface area contributed by atoms with Gasteiger partial charge in [0, 0.05) is 17.9 Å². The van der Waals surface area contributed by atoms with Gasteiger partial charge in [0.1, 0.15) is 0 Å². The lowest BCUT2D eigenvalue weighted by Gasteiger charge is -2.31. The van der Waals surface area contributed by atoms with E-state index >= 15 is 0 Å². The lowest BCUT2D eigenvalue weighted by Crippen LogP contribution is -2.42. The number of carbonyl (C=O) groups excluding carboxylic acids is 1. The summed E-state index contributed by atoms with van der Waals surface area (Å²) in [6.45, 7) is 3.11. The number of amides is 1. The average Bonchev–Trinajstić information content (AvgIpc) is 3.30. The van der Waals surface area contributed by atoms with Crippen molar-refractivity contribution in [1.29, 1.82) is 0 Å². The molecule has 0 aliphatic heterocycles.